The lowest BCUT2D eigenvalue weighted by Crippen LogP contribution is -2.44. The van der Waals surface area contributed by atoms with E-state index in [0.29, 0.717) is 36.8 Å². The maximum atomic E-state index is 12.2. The van der Waals surface area contributed by atoms with Crippen LogP contribution in [0.1, 0.15) is 13.3 Å². The van der Waals surface area contributed by atoms with Crippen molar-refractivity contribution in [2.24, 2.45) is 0 Å². The molecule has 8 nitrogen and oxygen atoms in total. The van der Waals surface area contributed by atoms with Gasteiger partial charge in [0.05, 0.1) is 11.5 Å². The number of fused-ring (bicyclic) bond motifs is 1. The number of amides is 2. The molecule has 1 N–H and O–H groups in total. The predicted octanol–water partition coefficient (Wildman–Crippen LogP) is 0.114. The zero-order valence-corrected chi connectivity index (χ0v) is 14.7. The maximum Gasteiger partial charge on any atom is 0.240 e. The van der Waals surface area contributed by atoms with E-state index < -0.39 is 21.8 Å². The SMILES string of the molecule is CC(=O)N(CC(=O)NC1CCS(=O)(=O)C1)c1ccc2c(c1)OCCO2. The predicted molar refractivity (Wildman–Crippen MR) is 90.7 cm³/mol. The van der Waals surface area contributed by atoms with E-state index in [-0.39, 0.29) is 24.0 Å². The van der Waals surface area contributed by atoms with E-state index in [1.54, 1.807) is 18.2 Å². The van der Waals surface area contributed by atoms with Crippen LogP contribution in [0.25, 0.3) is 0 Å². The monoisotopic (exact) mass is 368 g/mol. The average molecular weight is 368 g/mol. The number of ether oxygens (including phenoxy) is 2. The molecule has 136 valence electrons. The molecule has 0 spiro atoms. The van der Waals surface area contributed by atoms with Crippen LogP contribution in [0, 0.1) is 0 Å². The van der Waals surface area contributed by atoms with Gasteiger partial charge in [-0.15, -0.1) is 0 Å². The highest BCUT2D eigenvalue weighted by atomic mass is 32.2. The molecule has 2 heterocycles. The number of carbonyl (C=O) groups is 2. The van der Waals surface area contributed by atoms with Crippen molar-refractivity contribution < 1.29 is 27.5 Å². The molecule has 1 fully saturated rings. The van der Waals surface area contributed by atoms with E-state index in [1.807, 2.05) is 0 Å². The number of benzene rings is 1. The van der Waals surface area contributed by atoms with E-state index in [2.05, 4.69) is 5.32 Å². The minimum Gasteiger partial charge on any atom is -0.486 e. The van der Waals surface area contributed by atoms with Gasteiger partial charge in [-0.05, 0) is 18.6 Å². The van der Waals surface area contributed by atoms with Gasteiger partial charge in [0.25, 0.3) is 0 Å². The van der Waals surface area contributed by atoms with Gasteiger partial charge in [0.1, 0.15) is 19.8 Å². The second-order valence-electron chi connectivity index (χ2n) is 6.10. The number of anilines is 1. The summed E-state index contributed by atoms with van der Waals surface area (Å²) in [5, 5.41) is 2.68. The Hall–Kier alpha value is -2.29. The third-order valence-corrected chi connectivity index (χ3v) is 5.88. The molecule has 2 aliphatic heterocycles. The Balaban J connectivity index is 1.69. The Morgan fingerprint density at radius 1 is 1.24 bits per heavy atom. The van der Waals surface area contributed by atoms with Gasteiger partial charge in [-0.2, -0.15) is 0 Å². The largest absolute Gasteiger partial charge is 0.486 e. The van der Waals surface area contributed by atoms with Gasteiger partial charge < -0.3 is 19.7 Å². The molecule has 0 aliphatic carbocycles. The lowest BCUT2D eigenvalue weighted by atomic mass is 10.2. The molecule has 1 saturated heterocycles. The smallest absolute Gasteiger partial charge is 0.240 e. The summed E-state index contributed by atoms with van der Waals surface area (Å²) in [7, 11) is -3.07. The van der Waals surface area contributed by atoms with Crippen molar-refractivity contribution in [2.75, 3.05) is 36.2 Å². The lowest BCUT2D eigenvalue weighted by Gasteiger charge is -2.24. The summed E-state index contributed by atoms with van der Waals surface area (Å²) < 4.78 is 33.9. The summed E-state index contributed by atoms with van der Waals surface area (Å²) in [6.07, 6.45) is 0.401. The van der Waals surface area contributed by atoms with Crippen molar-refractivity contribution in [2.45, 2.75) is 19.4 Å². The average Bonchev–Trinajstić information content (AvgIpc) is 2.90. The fourth-order valence-electron chi connectivity index (χ4n) is 2.91. The van der Waals surface area contributed by atoms with Crippen molar-refractivity contribution in [1.82, 2.24) is 5.32 Å². The highest BCUT2D eigenvalue weighted by Crippen LogP contribution is 2.34. The van der Waals surface area contributed by atoms with Crippen LogP contribution in [0.2, 0.25) is 0 Å². The first-order valence-electron chi connectivity index (χ1n) is 8.01. The summed E-state index contributed by atoms with van der Waals surface area (Å²) >= 11 is 0. The molecular formula is C16H20N2O6S. The third kappa shape index (κ3) is 4.22. The Labute approximate surface area is 146 Å². The first kappa shape index (κ1) is 17.5. The van der Waals surface area contributed by atoms with E-state index in [9.17, 15) is 18.0 Å². The van der Waals surface area contributed by atoms with E-state index in [4.69, 9.17) is 9.47 Å². The maximum absolute atomic E-state index is 12.2. The van der Waals surface area contributed by atoms with E-state index >= 15 is 0 Å². The zero-order valence-electron chi connectivity index (χ0n) is 13.9. The van der Waals surface area contributed by atoms with Crippen molar-refractivity contribution in [3.8, 4) is 11.5 Å². The van der Waals surface area contributed by atoms with Gasteiger partial charge in [-0.3, -0.25) is 9.59 Å². The number of nitrogens with zero attached hydrogens (tertiary/aromatic N) is 1. The second-order valence-corrected chi connectivity index (χ2v) is 8.33. The van der Waals surface area contributed by atoms with Gasteiger partial charge in [0, 0.05) is 24.7 Å². The quantitative estimate of drug-likeness (QED) is 0.810. The normalized spacial score (nSPS) is 20.8. The molecule has 25 heavy (non-hydrogen) atoms. The Morgan fingerprint density at radius 3 is 2.60 bits per heavy atom. The summed E-state index contributed by atoms with van der Waals surface area (Å²) in [6.45, 7) is 2.07. The summed E-state index contributed by atoms with van der Waals surface area (Å²) in [4.78, 5) is 25.5. The second kappa shape index (κ2) is 6.91. The van der Waals surface area contributed by atoms with Crippen LogP contribution in [0.3, 0.4) is 0 Å². The Bertz CT molecular complexity index is 792. The molecule has 9 heteroatoms. The fourth-order valence-corrected chi connectivity index (χ4v) is 4.58. The number of nitrogens with one attached hydrogen (secondary N) is 1. The molecular weight excluding hydrogens is 348 g/mol. The number of rotatable bonds is 4. The number of sulfone groups is 1. The summed E-state index contributed by atoms with van der Waals surface area (Å²) in [5.41, 5.74) is 0.519. The number of carbonyl (C=O) groups excluding carboxylic acids is 2. The minimum absolute atomic E-state index is 0.0527. The van der Waals surface area contributed by atoms with Gasteiger partial charge in [0.15, 0.2) is 21.3 Å². The molecule has 0 aromatic heterocycles. The van der Waals surface area contributed by atoms with Crippen LogP contribution in [0.4, 0.5) is 5.69 Å². The van der Waals surface area contributed by atoms with Gasteiger partial charge >= 0.3 is 0 Å². The van der Waals surface area contributed by atoms with Crippen molar-refractivity contribution in [3.63, 3.8) is 0 Å². The molecule has 0 radical (unpaired) electrons. The van der Waals surface area contributed by atoms with E-state index in [1.165, 1.54) is 11.8 Å². The summed E-state index contributed by atoms with van der Waals surface area (Å²) in [5.74, 6) is 0.453. The molecule has 2 amide bonds. The van der Waals surface area contributed by atoms with Crippen LogP contribution >= 0.6 is 0 Å². The molecule has 1 unspecified atom stereocenters. The van der Waals surface area contributed by atoms with Crippen molar-refractivity contribution in [3.05, 3.63) is 18.2 Å². The minimum atomic E-state index is -3.07. The highest BCUT2D eigenvalue weighted by Gasteiger charge is 2.29. The van der Waals surface area contributed by atoms with Gasteiger partial charge in [0.2, 0.25) is 11.8 Å². The summed E-state index contributed by atoms with van der Waals surface area (Å²) in [6, 6.07) is 4.64. The van der Waals surface area contributed by atoms with Gasteiger partial charge in [-0.1, -0.05) is 0 Å². The van der Waals surface area contributed by atoms with E-state index in [0.717, 1.165) is 0 Å². The van der Waals surface area contributed by atoms with Crippen molar-refractivity contribution in [1.29, 1.82) is 0 Å². The molecule has 2 aliphatic rings. The highest BCUT2D eigenvalue weighted by molar-refractivity contribution is 7.91. The standard InChI is InChI=1S/C16H20N2O6S/c1-11(19)18(9-16(20)17-12-4-7-25(21,22)10-12)13-2-3-14-15(8-13)24-6-5-23-14/h2-3,8,12H,4-7,9-10H2,1H3,(H,17,20). The van der Waals surface area contributed by atoms with Crippen LogP contribution in [0.15, 0.2) is 18.2 Å². The molecule has 1 atom stereocenters. The van der Waals surface area contributed by atoms with Crippen molar-refractivity contribution >= 4 is 27.3 Å². The molecule has 1 aromatic rings. The first-order valence-corrected chi connectivity index (χ1v) is 9.84. The third-order valence-electron chi connectivity index (χ3n) is 4.12. The molecule has 1 aromatic carbocycles. The van der Waals surface area contributed by atoms with Crippen LogP contribution < -0.4 is 19.7 Å². The Morgan fingerprint density at radius 2 is 1.96 bits per heavy atom. The van der Waals surface area contributed by atoms with Crippen LogP contribution in [0.5, 0.6) is 11.5 Å². The Kier molecular flexibility index (Phi) is 4.85. The molecule has 3 rings (SSSR count). The zero-order chi connectivity index (χ0) is 18.0. The van der Waals surface area contributed by atoms with Crippen LogP contribution in [-0.4, -0.2) is 57.5 Å². The fraction of sp³-hybridized carbons (Fsp3) is 0.500. The first-order chi connectivity index (χ1) is 11.8. The molecule has 0 bridgehead atoms. The van der Waals surface area contributed by atoms with Crippen LogP contribution in [-0.2, 0) is 19.4 Å². The number of hydrogen-bond acceptors (Lipinski definition) is 6. The topological polar surface area (TPSA) is 102 Å². The molecule has 0 saturated carbocycles. The number of hydrogen-bond donors (Lipinski definition) is 1. The lowest BCUT2D eigenvalue weighted by molar-refractivity contribution is -0.123. The van der Waals surface area contributed by atoms with Gasteiger partial charge in [-0.25, -0.2) is 8.42 Å².